The first kappa shape index (κ1) is 17.5. The van der Waals surface area contributed by atoms with Gasteiger partial charge in [0.05, 0.1) is 0 Å². The van der Waals surface area contributed by atoms with E-state index in [0.29, 0.717) is 23.6 Å². The van der Waals surface area contributed by atoms with Gasteiger partial charge in [0.2, 0.25) is 0 Å². The molecule has 0 fully saturated rings. The minimum Gasteiger partial charge on any atom is -0.508 e. The highest BCUT2D eigenvalue weighted by Gasteiger charge is 2.07. The van der Waals surface area contributed by atoms with Gasteiger partial charge < -0.3 is 15.2 Å². The Hall–Kier alpha value is -3.34. The molecule has 0 spiro atoms. The van der Waals surface area contributed by atoms with Crippen molar-refractivity contribution in [2.45, 2.75) is 13.5 Å². The Morgan fingerprint density at radius 1 is 1.04 bits per heavy atom. The van der Waals surface area contributed by atoms with Gasteiger partial charge >= 0.3 is 0 Å². The predicted octanol–water partition coefficient (Wildman–Crippen LogP) is 4.56. The van der Waals surface area contributed by atoms with Gasteiger partial charge in [-0.25, -0.2) is 4.39 Å². The first-order valence-electron chi connectivity index (χ1n) is 8.11. The number of aryl methyl sites for hydroxylation is 1. The van der Waals surface area contributed by atoms with Gasteiger partial charge in [-0.3, -0.25) is 4.79 Å². The molecule has 1 amide bonds. The third kappa shape index (κ3) is 4.39. The topological polar surface area (TPSA) is 58.6 Å². The molecule has 3 rings (SSSR count). The van der Waals surface area contributed by atoms with E-state index in [-0.39, 0.29) is 17.5 Å². The lowest BCUT2D eigenvalue weighted by Crippen LogP contribution is -2.22. The van der Waals surface area contributed by atoms with Crippen molar-refractivity contribution >= 4 is 5.91 Å². The number of phenolic OH excluding ortho intramolecular Hbond substituents is 1. The van der Waals surface area contributed by atoms with Gasteiger partial charge in [-0.05, 0) is 72.6 Å². The number of phenols is 1. The van der Waals surface area contributed by atoms with Gasteiger partial charge in [0.15, 0.2) is 0 Å². The number of halogens is 1. The molecule has 3 aromatic rings. The number of rotatable bonds is 5. The maximum Gasteiger partial charge on any atom is 0.251 e. The quantitative estimate of drug-likeness (QED) is 0.708. The lowest BCUT2D eigenvalue weighted by atomic mass is 10.1. The molecule has 0 bridgehead atoms. The fourth-order valence-electron chi connectivity index (χ4n) is 2.39. The molecule has 0 atom stereocenters. The van der Waals surface area contributed by atoms with E-state index in [0.717, 1.165) is 11.1 Å². The minimum absolute atomic E-state index is 0.114. The molecule has 0 unspecified atom stereocenters. The highest BCUT2D eigenvalue weighted by molar-refractivity contribution is 5.94. The van der Waals surface area contributed by atoms with Crippen LogP contribution in [0.3, 0.4) is 0 Å². The Labute approximate surface area is 150 Å². The van der Waals surface area contributed by atoms with Crippen molar-refractivity contribution in [3.8, 4) is 17.2 Å². The number of nitrogens with one attached hydrogen (secondary N) is 1. The van der Waals surface area contributed by atoms with Gasteiger partial charge in [0.25, 0.3) is 5.91 Å². The first-order valence-corrected chi connectivity index (χ1v) is 8.11. The maximum absolute atomic E-state index is 13.0. The van der Waals surface area contributed by atoms with Gasteiger partial charge in [-0.2, -0.15) is 0 Å². The second-order valence-electron chi connectivity index (χ2n) is 5.89. The van der Waals surface area contributed by atoms with Crippen LogP contribution in [0.2, 0.25) is 0 Å². The van der Waals surface area contributed by atoms with Crippen LogP contribution < -0.4 is 10.1 Å². The third-order valence-electron chi connectivity index (χ3n) is 3.88. The molecule has 5 heteroatoms. The number of hydrogen-bond donors (Lipinski definition) is 2. The second kappa shape index (κ2) is 7.70. The van der Waals surface area contributed by atoms with Crippen molar-refractivity contribution in [1.82, 2.24) is 5.32 Å². The predicted molar refractivity (Wildman–Crippen MR) is 96.9 cm³/mol. The normalized spacial score (nSPS) is 10.4. The SMILES string of the molecule is Cc1ccc(CNC(=O)c2ccc(O)cc2)cc1Oc1ccc(F)cc1. The molecule has 26 heavy (non-hydrogen) atoms. The smallest absolute Gasteiger partial charge is 0.251 e. The van der Waals surface area contributed by atoms with E-state index in [1.807, 2.05) is 25.1 Å². The van der Waals surface area contributed by atoms with E-state index in [1.54, 1.807) is 24.3 Å². The summed E-state index contributed by atoms with van der Waals surface area (Å²) in [6.07, 6.45) is 0. The fourth-order valence-corrected chi connectivity index (χ4v) is 2.39. The van der Waals surface area contributed by atoms with Crippen LogP contribution in [0, 0.1) is 12.7 Å². The van der Waals surface area contributed by atoms with Crippen molar-refractivity contribution in [1.29, 1.82) is 0 Å². The van der Waals surface area contributed by atoms with Crippen LogP contribution in [0.15, 0.2) is 66.7 Å². The summed E-state index contributed by atoms with van der Waals surface area (Å²) in [5, 5.41) is 12.1. The second-order valence-corrected chi connectivity index (χ2v) is 5.89. The number of ether oxygens (including phenoxy) is 1. The number of amides is 1. The van der Waals surface area contributed by atoms with Gasteiger partial charge in [0.1, 0.15) is 23.1 Å². The van der Waals surface area contributed by atoms with Crippen LogP contribution in [0.4, 0.5) is 4.39 Å². The summed E-state index contributed by atoms with van der Waals surface area (Å²) in [5.41, 5.74) is 2.28. The summed E-state index contributed by atoms with van der Waals surface area (Å²) < 4.78 is 18.8. The average molecular weight is 351 g/mol. The van der Waals surface area contributed by atoms with E-state index >= 15 is 0 Å². The Kier molecular flexibility index (Phi) is 5.17. The summed E-state index contributed by atoms with van der Waals surface area (Å²) in [5.74, 6) is 0.752. The molecule has 0 aliphatic carbocycles. The van der Waals surface area contributed by atoms with Gasteiger partial charge in [-0.15, -0.1) is 0 Å². The monoisotopic (exact) mass is 351 g/mol. The van der Waals surface area contributed by atoms with E-state index in [1.165, 1.54) is 24.3 Å². The molecular formula is C21H18FNO3. The number of hydrogen-bond acceptors (Lipinski definition) is 3. The number of aromatic hydroxyl groups is 1. The van der Waals surface area contributed by atoms with Crippen LogP contribution in [-0.4, -0.2) is 11.0 Å². The molecule has 2 N–H and O–H groups in total. The number of carbonyl (C=O) groups is 1. The number of benzene rings is 3. The fraction of sp³-hybridized carbons (Fsp3) is 0.0952. The summed E-state index contributed by atoms with van der Waals surface area (Å²) in [6.45, 7) is 2.25. The lowest BCUT2D eigenvalue weighted by Gasteiger charge is -2.11. The van der Waals surface area contributed by atoms with Crippen molar-refractivity contribution < 1.29 is 19.0 Å². The Bertz CT molecular complexity index is 906. The standard InChI is InChI=1S/C21H18FNO3/c1-14-2-3-15(12-20(14)26-19-10-6-17(22)7-11-19)13-23-21(25)16-4-8-18(24)9-5-16/h2-12,24H,13H2,1H3,(H,23,25). The van der Waals surface area contributed by atoms with Gasteiger partial charge in [-0.1, -0.05) is 12.1 Å². The van der Waals surface area contributed by atoms with Crippen LogP contribution >= 0.6 is 0 Å². The van der Waals surface area contributed by atoms with Crippen LogP contribution in [0.1, 0.15) is 21.5 Å². The lowest BCUT2D eigenvalue weighted by molar-refractivity contribution is 0.0951. The zero-order valence-electron chi connectivity index (χ0n) is 14.2. The zero-order valence-corrected chi connectivity index (χ0v) is 14.2. The van der Waals surface area contributed by atoms with Gasteiger partial charge in [0, 0.05) is 12.1 Å². The molecule has 132 valence electrons. The maximum atomic E-state index is 13.0. The van der Waals surface area contributed by atoms with E-state index < -0.39 is 0 Å². The molecule has 3 aromatic carbocycles. The minimum atomic E-state index is -0.320. The largest absolute Gasteiger partial charge is 0.508 e. The summed E-state index contributed by atoms with van der Waals surface area (Å²) in [6, 6.07) is 17.5. The molecule has 0 aromatic heterocycles. The summed E-state index contributed by atoms with van der Waals surface area (Å²) in [4.78, 5) is 12.1. The summed E-state index contributed by atoms with van der Waals surface area (Å²) in [7, 11) is 0. The van der Waals surface area contributed by atoms with E-state index in [2.05, 4.69) is 5.32 Å². The molecule has 0 aliphatic rings. The van der Waals surface area contributed by atoms with Crippen molar-refractivity contribution in [3.05, 3.63) is 89.2 Å². The molecular weight excluding hydrogens is 333 g/mol. The summed E-state index contributed by atoms with van der Waals surface area (Å²) >= 11 is 0. The number of carbonyl (C=O) groups excluding carboxylic acids is 1. The molecule has 0 saturated carbocycles. The zero-order chi connectivity index (χ0) is 18.5. The van der Waals surface area contributed by atoms with Crippen molar-refractivity contribution in [3.63, 3.8) is 0 Å². The Balaban J connectivity index is 1.68. The highest BCUT2D eigenvalue weighted by atomic mass is 19.1. The van der Waals surface area contributed by atoms with Crippen molar-refractivity contribution in [2.24, 2.45) is 0 Å². The van der Waals surface area contributed by atoms with E-state index in [9.17, 15) is 14.3 Å². The molecule has 0 aliphatic heterocycles. The Morgan fingerprint density at radius 2 is 1.73 bits per heavy atom. The molecule has 0 radical (unpaired) electrons. The molecule has 0 saturated heterocycles. The first-order chi connectivity index (χ1) is 12.5. The van der Waals surface area contributed by atoms with Crippen LogP contribution in [0.5, 0.6) is 17.2 Å². The third-order valence-corrected chi connectivity index (χ3v) is 3.88. The Morgan fingerprint density at radius 3 is 2.42 bits per heavy atom. The van der Waals surface area contributed by atoms with Crippen LogP contribution in [-0.2, 0) is 6.54 Å². The van der Waals surface area contributed by atoms with Crippen molar-refractivity contribution in [2.75, 3.05) is 0 Å². The van der Waals surface area contributed by atoms with Crippen LogP contribution in [0.25, 0.3) is 0 Å². The molecule has 0 heterocycles. The highest BCUT2D eigenvalue weighted by Crippen LogP contribution is 2.26. The average Bonchev–Trinajstić information content (AvgIpc) is 2.64. The van der Waals surface area contributed by atoms with E-state index in [4.69, 9.17) is 4.74 Å². The molecule has 4 nitrogen and oxygen atoms in total.